The Morgan fingerprint density at radius 3 is 0.806 bits per heavy atom. The van der Waals surface area contributed by atoms with Crippen molar-refractivity contribution in [2.45, 2.75) is 66.7 Å². The lowest BCUT2D eigenvalue weighted by molar-refractivity contribution is 0.647. The maximum absolute atomic E-state index is 2.34. The smallest absolute Gasteiger partial charge is 0.0339 e. The summed E-state index contributed by atoms with van der Waals surface area (Å²) in [5.41, 5.74) is 8.41. The summed E-state index contributed by atoms with van der Waals surface area (Å²) < 4.78 is 0. The highest BCUT2D eigenvalue weighted by Gasteiger charge is 2.17. The summed E-state index contributed by atoms with van der Waals surface area (Å²) in [4.78, 5) is 0. The van der Waals surface area contributed by atoms with Gasteiger partial charge >= 0.3 is 0 Å². The predicted octanol–water partition coefficient (Wildman–Crippen LogP) is 8.46. The molecule has 0 nitrogen and oxygen atoms in total. The van der Waals surface area contributed by atoms with Crippen LogP contribution in [0.2, 0.25) is 0 Å². The molecule has 0 saturated carbocycles. The van der Waals surface area contributed by atoms with Gasteiger partial charge in [0.25, 0.3) is 0 Å². The van der Waals surface area contributed by atoms with Crippen LogP contribution in [0.25, 0.3) is 0 Å². The van der Waals surface area contributed by atoms with E-state index in [-0.39, 0.29) is 5.92 Å². The molecule has 0 heteroatoms. The van der Waals surface area contributed by atoms with Gasteiger partial charge in [-0.05, 0) is 70.4 Å². The molecule has 31 heavy (non-hydrogen) atoms. The highest BCUT2D eigenvalue weighted by molar-refractivity contribution is 5.45. The number of hydrogen-bond donors (Lipinski definition) is 0. The number of rotatable bonds is 9. The van der Waals surface area contributed by atoms with Crippen molar-refractivity contribution in [2.75, 3.05) is 0 Å². The minimum absolute atomic E-state index is 0.272. The first-order valence-electron chi connectivity index (χ1n) is 12.1. The molecule has 0 spiro atoms. The van der Waals surface area contributed by atoms with Gasteiger partial charge in [-0.15, -0.1) is 0 Å². The zero-order valence-corrected chi connectivity index (χ0v) is 20.4. The third-order valence-corrected chi connectivity index (χ3v) is 5.87. The molecule has 164 valence electrons. The Morgan fingerprint density at radius 2 is 0.613 bits per heavy atom. The second kappa shape index (κ2) is 10.8. The fourth-order valence-corrected chi connectivity index (χ4v) is 4.53. The van der Waals surface area contributed by atoms with E-state index in [0.717, 1.165) is 19.3 Å². The van der Waals surface area contributed by atoms with Gasteiger partial charge in [-0.1, -0.05) is 114 Å². The van der Waals surface area contributed by atoms with Crippen LogP contribution >= 0.6 is 0 Å². The molecular formula is C31H40. The Labute approximate surface area is 190 Å². The summed E-state index contributed by atoms with van der Waals surface area (Å²) in [7, 11) is 0. The minimum Gasteiger partial charge on any atom is -0.0625 e. The molecule has 0 amide bonds. The lowest BCUT2D eigenvalue weighted by Crippen LogP contribution is -2.05. The van der Waals surface area contributed by atoms with E-state index in [2.05, 4.69) is 114 Å². The Balaban J connectivity index is 1.95. The molecule has 0 saturated heterocycles. The first-order chi connectivity index (χ1) is 14.8. The van der Waals surface area contributed by atoms with Crippen LogP contribution in [0.15, 0.2) is 72.8 Å². The van der Waals surface area contributed by atoms with Gasteiger partial charge in [0.05, 0.1) is 0 Å². The van der Waals surface area contributed by atoms with Crippen LogP contribution in [0.4, 0.5) is 0 Å². The van der Waals surface area contributed by atoms with Gasteiger partial charge in [0.2, 0.25) is 0 Å². The molecule has 0 aliphatic heterocycles. The summed E-state index contributed by atoms with van der Waals surface area (Å²) in [6, 6.07) is 28.0. The van der Waals surface area contributed by atoms with Crippen LogP contribution < -0.4 is 0 Å². The van der Waals surface area contributed by atoms with E-state index in [4.69, 9.17) is 0 Å². The van der Waals surface area contributed by atoms with Gasteiger partial charge in [-0.2, -0.15) is 0 Å². The molecule has 3 aromatic carbocycles. The van der Waals surface area contributed by atoms with Crippen LogP contribution in [-0.4, -0.2) is 0 Å². The third kappa shape index (κ3) is 6.82. The summed E-state index contributed by atoms with van der Waals surface area (Å²) >= 11 is 0. The summed E-state index contributed by atoms with van der Waals surface area (Å²) in [5.74, 6) is 2.32. The zero-order chi connectivity index (χ0) is 22.4. The second-order valence-electron chi connectivity index (χ2n) is 10.5. The molecular weight excluding hydrogens is 372 g/mol. The van der Waals surface area contributed by atoms with E-state index in [1.807, 2.05) is 0 Å². The summed E-state index contributed by atoms with van der Waals surface area (Å²) in [6.07, 6.45) is 3.41. The first kappa shape index (κ1) is 23.3. The molecule has 0 aliphatic carbocycles. The van der Waals surface area contributed by atoms with Crippen molar-refractivity contribution in [3.63, 3.8) is 0 Å². The molecule has 0 bridgehead atoms. The predicted molar refractivity (Wildman–Crippen MR) is 136 cm³/mol. The van der Waals surface area contributed by atoms with Crippen LogP contribution in [0, 0.1) is 17.8 Å². The van der Waals surface area contributed by atoms with E-state index >= 15 is 0 Å². The van der Waals surface area contributed by atoms with Gasteiger partial charge in [0.15, 0.2) is 0 Å². The maximum Gasteiger partial charge on any atom is 0.0339 e. The first-order valence-corrected chi connectivity index (χ1v) is 12.1. The fraction of sp³-hybridized carbons (Fsp3) is 0.419. The maximum atomic E-state index is 2.34. The van der Waals surface area contributed by atoms with Crippen LogP contribution in [0.3, 0.4) is 0 Å². The van der Waals surface area contributed by atoms with Crippen molar-refractivity contribution in [3.05, 3.63) is 106 Å². The van der Waals surface area contributed by atoms with Gasteiger partial charge in [-0.25, -0.2) is 0 Å². The molecule has 0 unspecified atom stereocenters. The SMILES string of the molecule is CC(C)Cc1ccc(C(c2ccc(CC(C)C)cc2)c2ccc(CC(C)C)cc2)cc1. The normalized spacial score (nSPS) is 11.8. The highest BCUT2D eigenvalue weighted by Crippen LogP contribution is 2.33. The Bertz CT molecular complexity index is 782. The van der Waals surface area contributed by atoms with Gasteiger partial charge in [0, 0.05) is 5.92 Å². The lowest BCUT2D eigenvalue weighted by atomic mass is 9.83. The van der Waals surface area contributed by atoms with Crippen LogP contribution in [0.1, 0.15) is 80.8 Å². The lowest BCUT2D eigenvalue weighted by Gasteiger charge is -2.21. The zero-order valence-electron chi connectivity index (χ0n) is 20.4. The van der Waals surface area contributed by atoms with Gasteiger partial charge < -0.3 is 0 Å². The summed E-state index contributed by atoms with van der Waals surface area (Å²) in [5, 5.41) is 0. The van der Waals surface area contributed by atoms with Crippen molar-refractivity contribution >= 4 is 0 Å². The van der Waals surface area contributed by atoms with E-state index in [1.165, 1.54) is 33.4 Å². The molecule has 0 fully saturated rings. The average Bonchev–Trinajstić information content (AvgIpc) is 2.71. The molecule has 0 aromatic heterocycles. The molecule has 0 N–H and O–H groups in total. The van der Waals surface area contributed by atoms with E-state index in [1.54, 1.807) is 0 Å². The Morgan fingerprint density at radius 1 is 0.387 bits per heavy atom. The third-order valence-electron chi connectivity index (χ3n) is 5.87. The van der Waals surface area contributed by atoms with Crippen molar-refractivity contribution in [3.8, 4) is 0 Å². The fourth-order valence-electron chi connectivity index (χ4n) is 4.53. The van der Waals surface area contributed by atoms with E-state index < -0.39 is 0 Å². The van der Waals surface area contributed by atoms with Crippen LogP contribution in [-0.2, 0) is 19.3 Å². The van der Waals surface area contributed by atoms with E-state index in [0.29, 0.717) is 17.8 Å². The minimum atomic E-state index is 0.272. The van der Waals surface area contributed by atoms with E-state index in [9.17, 15) is 0 Å². The van der Waals surface area contributed by atoms with Crippen LogP contribution in [0.5, 0.6) is 0 Å². The van der Waals surface area contributed by atoms with Crippen molar-refractivity contribution < 1.29 is 0 Å². The summed E-state index contributed by atoms with van der Waals surface area (Å²) in [6.45, 7) is 13.7. The van der Waals surface area contributed by atoms with Gasteiger partial charge in [0.1, 0.15) is 0 Å². The average molecular weight is 413 g/mol. The molecule has 0 aliphatic rings. The second-order valence-corrected chi connectivity index (χ2v) is 10.5. The van der Waals surface area contributed by atoms with Crippen molar-refractivity contribution in [1.29, 1.82) is 0 Å². The topological polar surface area (TPSA) is 0 Å². The largest absolute Gasteiger partial charge is 0.0625 e. The molecule has 3 rings (SSSR count). The van der Waals surface area contributed by atoms with Gasteiger partial charge in [-0.3, -0.25) is 0 Å². The Hall–Kier alpha value is -2.34. The molecule has 3 aromatic rings. The van der Waals surface area contributed by atoms with Crippen molar-refractivity contribution in [2.24, 2.45) is 17.8 Å². The Kier molecular flexibility index (Phi) is 8.13. The van der Waals surface area contributed by atoms with Crippen molar-refractivity contribution in [1.82, 2.24) is 0 Å². The number of hydrogen-bond acceptors (Lipinski definition) is 0. The molecule has 0 radical (unpaired) electrons. The number of benzene rings is 3. The highest BCUT2D eigenvalue weighted by atomic mass is 14.2. The molecule has 0 atom stereocenters. The quantitative estimate of drug-likeness (QED) is 0.309. The monoisotopic (exact) mass is 412 g/mol. The standard InChI is InChI=1S/C31H40/c1-22(2)19-25-7-13-28(14-8-25)31(29-15-9-26(10-16-29)20-23(3)4)30-17-11-27(12-18-30)21-24(5)6/h7-18,22-24,31H,19-21H2,1-6H3. The molecule has 0 heterocycles.